The third kappa shape index (κ3) is 6.37. The van der Waals surface area contributed by atoms with E-state index in [2.05, 4.69) is 10.8 Å². The van der Waals surface area contributed by atoms with Crippen molar-refractivity contribution in [1.82, 2.24) is 0 Å². The van der Waals surface area contributed by atoms with Crippen LogP contribution in [0.15, 0.2) is 12.7 Å². The summed E-state index contributed by atoms with van der Waals surface area (Å²) in [7, 11) is -3.29. The zero-order valence-electron chi connectivity index (χ0n) is 7.45. The van der Waals surface area contributed by atoms with Gasteiger partial charge >= 0.3 is 0 Å². The Bertz CT molecular complexity index is 206. The van der Waals surface area contributed by atoms with E-state index in [1.165, 1.54) is 6.08 Å². The maximum Gasteiger partial charge on any atom is 0.267 e. The van der Waals surface area contributed by atoms with Gasteiger partial charge in [0.05, 0.1) is 12.4 Å². The van der Waals surface area contributed by atoms with Crippen molar-refractivity contribution in [3.05, 3.63) is 12.7 Å². The molecule has 12 heavy (non-hydrogen) atoms. The Morgan fingerprint density at radius 3 is 2.58 bits per heavy atom. The van der Waals surface area contributed by atoms with E-state index < -0.39 is 10.1 Å². The topological polar surface area (TPSA) is 43.4 Å². The van der Waals surface area contributed by atoms with E-state index in [0.29, 0.717) is 6.42 Å². The molecule has 0 aromatic heterocycles. The molecule has 0 saturated carbocycles. The third-order valence-corrected chi connectivity index (χ3v) is 2.65. The van der Waals surface area contributed by atoms with E-state index in [-0.39, 0.29) is 12.4 Å². The van der Waals surface area contributed by atoms with Gasteiger partial charge in [0.2, 0.25) is 0 Å². The maximum absolute atomic E-state index is 11.0. The first-order valence-corrected chi connectivity index (χ1v) is 5.68. The lowest BCUT2D eigenvalue weighted by molar-refractivity contribution is 0.356. The first kappa shape index (κ1) is 11.6. The van der Waals surface area contributed by atoms with Gasteiger partial charge in [-0.15, -0.1) is 6.58 Å². The zero-order valence-corrected chi connectivity index (χ0v) is 8.27. The molecule has 0 N–H and O–H groups in total. The summed E-state index contributed by atoms with van der Waals surface area (Å²) in [5.74, 6) is 0.120. The van der Waals surface area contributed by atoms with Crippen LogP contribution in [0.25, 0.3) is 0 Å². The molecule has 0 aliphatic heterocycles. The Kier molecular flexibility index (Phi) is 6.02. The largest absolute Gasteiger partial charge is 0.267 e. The quantitative estimate of drug-likeness (QED) is 0.350. The summed E-state index contributed by atoms with van der Waals surface area (Å²) in [6, 6.07) is 0. The first-order valence-electron chi connectivity index (χ1n) is 4.10. The molecule has 4 heteroatoms. The standard InChI is InChI=1S/C8H16O3S/c1-3-5-6-8-12(9,10)11-7-4-2/h4H,2-3,5-8H2,1H3. The highest BCUT2D eigenvalue weighted by atomic mass is 32.2. The van der Waals surface area contributed by atoms with E-state index in [9.17, 15) is 8.42 Å². The van der Waals surface area contributed by atoms with Gasteiger partial charge in [-0.3, -0.25) is 4.18 Å². The molecule has 0 fully saturated rings. The average molecular weight is 192 g/mol. The molecule has 0 unspecified atom stereocenters. The van der Waals surface area contributed by atoms with Crippen molar-refractivity contribution in [2.45, 2.75) is 26.2 Å². The summed E-state index contributed by atoms with van der Waals surface area (Å²) in [4.78, 5) is 0. The Labute approximate surface area is 74.6 Å². The van der Waals surface area contributed by atoms with Crippen LogP contribution in [0.2, 0.25) is 0 Å². The Balaban J connectivity index is 3.64. The van der Waals surface area contributed by atoms with Gasteiger partial charge in [-0.2, -0.15) is 8.42 Å². The van der Waals surface area contributed by atoms with Crippen LogP contribution in [-0.4, -0.2) is 20.8 Å². The Morgan fingerprint density at radius 2 is 2.08 bits per heavy atom. The minimum absolute atomic E-state index is 0.0778. The van der Waals surface area contributed by atoms with Crippen molar-refractivity contribution < 1.29 is 12.6 Å². The highest BCUT2D eigenvalue weighted by Crippen LogP contribution is 2.01. The number of hydrogen-bond donors (Lipinski definition) is 0. The first-order chi connectivity index (χ1) is 5.62. The van der Waals surface area contributed by atoms with Crippen molar-refractivity contribution in [3.63, 3.8) is 0 Å². The molecule has 0 saturated heterocycles. The minimum Gasteiger partial charge on any atom is -0.266 e. The van der Waals surface area contributed by atoms with Gasteiger partial charge in [0.1, 0.15) is 0 Å². The fraction of sp³-hybridized carbons (Fsp3) is 0.750. The van der Waals surface area contributed by atoms with Crippen LogP contribution in [0.3, 0.4) is 0 Å². The summed E-state index contributed by atoms with van der Waals surface area (Å²) in [6.07, 6.45) is 4.04. The Hall–Kier alpha value is -0.350. The van der Waals surface area contributed by atoms with Crippen LogP contribution >= 0.6 is 0 Å². The van der Waals surface area contributed by atoms with Crippen LogP contribution in [-0.2, 0) is 14.3 Å². The zero-order chi connectivity index (χ0) is 9.45. The summed E-state index contributed by atoms with van der Waals surface area (Å²) in [6.45, 7) is 5.47. The van der Waals surface area contributed by atoms with Gasteiger partial charge in [0.15, 0.2) is 0 Å². The van der Waals surface area contributed by atoms with Crippen LogP contribution in [0.1, 0.15) is 26.2 Å². The lowest BCUT2D eigenvalue weighted by atomic mass is 10.3. The molecule has 0 aliphatic rings. The molecule has 0 rings (SSSR count). The molecule has 0 heterocycles. The summed E-state index contributed by atoms with van der Waals surface area (Å²) in [5, 5.41) is 0. The molecular formula is C8H16O3S. The second-order valence-corrected chi connectivity index (χ2v) is 4.30. The molecular weight excluding hydrogens is 176 g/mol. The molecule has 0 bridgehead atoms. The van der Waals surface area contributed by atoms with Gasteiger partial charge in [0.25, 0.3) is 10.1 Å². The van der Waals surface area contributed by atoms with Crippen LogP contribution in [0, 0.1) is 0 Å². The molecule has 0 atom stereocenters. The van der Waals surface area contributed by atoms with Gasteiger partial charge in [-0.05, 0) is 6.42 Å². The lowest BCUT2D eigenvalue weighted by Crippen LogP contribution is -2.10. The molecule has 3 nitrogen and oxygen atoms in total. The highest BCUT2D eigenvalue weighted by Gasteiger charge is 2.08. The maximum atomic E-state index is 11.0. The SMILES string of the molecule is C=CCOS(=O)(=O)CCCCC. The van der Waals surface area contributed by atoms with Gasteiger partial charge < -0.3 is 0 Å². The van der Waals surface area contributed by atoms with Crippen molar-refractivity contribution in [2.24, 2.45) is 0 Å². The van der Waals surface area contributed by atoms with E-state index in [1.54, 1.807) is 0 Å². The van der Waals surface area contributed by atoms with Crippen LogP contribution < -0.4 is 0 Å². The fourth-order valence-corrected chi connectivity index (χ4v) is 1.72. The predicted octanol–water partition coefficient (Wildman–Crippen LogP) is 1.71. The van der Waals surface area contributed by atoms with E-state index in [0.717, 1.165) is 12.8 Å². The summed E-state index contributed by atoms with van der Waals surface area (Å²) in [5.41, 5.74) is 0. The molecule has 0 aromatic rings. The molecule has 0 radical (unpaired) electrons. The number of rotatable bonds is 7. The van der Waals surface area contributed by atoms with Gasteiger partial charge in [-0.1, -0.05) is 25.8 Å². The lowest BCUT2D eigenvalue weighted by Gasteiger charge is -2.01. The van der Waals surface area contributed by atoms with Crippen molar-refractivity contribution in [3.8, 4) is 0 Å². The Morgan fingerprint density at radius 1 is 1.42 bits per heavy atom. The van der Waals surface area contributed by atoms with Crippen molar-refractivity contribution in [2.75, 3.05) is 12.4 Å². The van der Waals surface area contributed by atoms with Gasteiger partial charge in [0, 0.05) is 0 Å². The second kappa shape index (κ2) is 6.20. The summed E-state index contributed by atoms with van der Waals surface area (Å²) >= 11 is 0. The number of unbranched alkanes of at least 4 members (excludes halogenated alkanes) is 2. The minimum atomic E-state index is -3.29. The monoisotopic (exact) mass is 192 g/mol. The van der Waals surface area contributed by atoms with E-state index >= 15 is 0 Å². The second-order valence-electron chi connectivity index (χ2n) is 2.54. The molecule has 0 aromatic carbocycles. The number of hydrogen-bond acceptors (Lipinski definition) is 3. The smallest absolute Gasteiger partial charge is 0.266 e. The molecule has 0 aliphatic carbocycles. The third-order valence-electron chi connectivity index (χ3n) is 1.36. The van der Waals surface area contributed by atoms with E-state index in [1.807, 2.05) is 6.92 Å². The van der Waals surface area contributed by atoms with Gasteiger partial charge in [-0.25, -0.2) is 0 Å². The fourth-order valence-electron chi connectivity index (χ4n) is 0.740. The summed E-state index contributed by atoms with van der Waals surface area (Å²) < 4.78 is 26.6. The predicted molar refractivity (Wildman–Crippen MR) is 49.5 cm³/mol. The highest BCUT2D eigenvalue weighted by molar-refractivity contribution is 7.86. The van der Waals surface area contributed by atoms with Crippen molar-refractivity contribution in [1.29, 1.82) is 0 Å². The molecule has 0 amide bonds. The average Bonchev–Trinajstić information content (AvgIpc) is 2.01. The van der Waals surface area contributed by atoms with Crippen molar-refractivity contribution >= 4 is 10.1 Å². The normalized spacial score (nSPS) is 11.4. The molecule has 72 valence electrons. The van der Waals surface area contributed by atoms with Crippen LogP contribution in [0.5, 0.6) is 0 Å². The molecule has 0 spiro atoms. The van der Waals surface area contributed by atoms with E-state index in [4.69, 9.17) is 0 Å². The van der Waals surface area contributed by atoms with Crippen LogP contribution in [0.4, 0.5) is 0 Å².